The second-order valence-corrected chi connectivity index (χ2v) is 9.69. The van der Waals surface area contributed by atoms with E-state index in [1.165, 1.54) is 0 Å². The van der Waals surface area contributed by atoms with Gasteiger partial charge in [-0.15, -0.1) is 24.0 Å². The molecule has 0 radical (unpaired) electrons. The Bertz CT molecular complexity index is 977. The summed E-state index contributed by atoms with van der Waals surface area (Å²) in [6.45, 7) is 7.58. The highest BCUT2D eigenvalue weighted by molar-refractivity contribution is 14.0. The number of aliphatic imine (C=N–C) groups is 1. The number of benzene rings is 2. The Morgan fingerprint density at radius 2 is 1.66 bits per heavy atom. The molecule has 7 nitrogen and oxygen atoms in total. The molecule has 176 valence electrons. The first-order valence-corrected chi connectivity index (χ1v) is 12.2. The number of nitrogens with one attached hydrogen (secondary N) is 2. The summed E-state index contributed by atoms with van der Waals surface area (Å²) >= 11 is 0. The van der Waals surface area contributed by atoms with Crippen molar-refractivity contribution in [2.45, 2.75) is 31.3 Å². The third-order valence-corrected chi connectivity index (χ3v) is 7.46. The van der Waals surface area contributed by atoms with Crippen LogP contribution in [-0.4, -0.2) is 63.4 Å². The number of rotatable bonds is 7. The van der Waals surface area contributed by atoms with Crippen LogP contribution in [-0.2, 0) is 16.6 Å². The van der Waals surface area contributed by atoms with E-state index in [0.717, 1.165) is 18.7 Å². The Balaban J connectivity index is 0.00000363. The SMILES string of the molecule is CCNC(=NCc1ccccc1S(=O)(=O)N1CCN(C)CC1)NC(C)c1ccccc1.I. The number of sulfonamides is 1. The third kappa shape index (κ3) is 6.90. The molecule has 1 unspecified atom stereocenters. The Hall–Kier alpha value is -1.69. The molecule has 1 atom stereocenters. The first kappa shape index (κ1) is 26.6. The van der Waals surface area contributed by atoms with Gasteiger partial charge in [0.25, 0.3) is 0 Å². The molecule has 0 saturated carbocycles. The van der Waals surface area contributed by atoms with Crippen LogP contribution in [0.15, 0.2) is 64.5 Å². The van der Waals surface area contributed by atoms with Crippen LogP contribution in [0, 0.1) is 0 Å². The van der Waals surface area contributed by atoms with E-state index in [2.05, 4.69) is 39.6 Å². The van der Waals surface area contributed by atoms with Crippen LogP contribution in [0.5, 0.6) is 0 Å². The van der Waals surface area contributed by atoms with Gasteiger partial charge in [0.2, 0.25) is 10.0 Å². The fraction of sp³-hybridized carbons (Fsp3) is 0.435. The summed E-state index contributed by atoms with van der Waals surface area (Å²) in [6, 6.07) is 17.4. The molecule has 1 heterocycles. The summed E-state index contributed by atoms with van der Waals surface area (Å²) < 4.78 is 28.1. The van der Waals surface area contributed by atoms with Crippen LogP contribution in [0.4, 0.5) is 0 Å². The zero-order valence-corrected chi connectivity index (χ0v) is 22.1. The number of hydrogen-bond acceptors (Lipinski definition) is 4. The molecule has 0 amide bonds. The normalized spacial score (nSPS) is 16.8. The second kappa shape index (κ2) is 12.5. The van der Waals surface area contributed by atoms with Gasteiger partial charge >= 0.3 is 0 Å². The average Bonchev–Trinajstić information content (AvgIpc) is 2.78. The number of guanidine groups is 1. The molecule has 1 aliphatic heterocycles. The molecule has 1 saturated heterocycles. The highest BCUT2D eigenvalue weighted by Crippen LogP contribution is 2.22. The lowest BCUT2D eigenvalue weighted by Crippen LogP contribution is -2.47. The molecule has 3 rings (SSSR count). The smallest absolute Gasteiger partial charge is 0.243 e. The highest BCUT2D eigenvalue weighted by Gasteiger charge is 2.29. The van der Waals surface area contributed by atoms with Gasteiger partial charge in [0, 0.05) is 32.7 Å². The van der Waals surface area contributed by atoms with Crippen LogP contribution in [0.1, 0.15) is 31.0 Å². The largest absolute Gasteiger partial charge is 0.357 e. The Labute approximate surface area is 209 Å². The minimum atomic E-state index is -3.55. The van der Waals surface area contributed by atoms with Crippen molar-refractivity contribution in [2.24, 2.45) is 4.99 Å². The molecule has 0 spiro atoms. The Kier molecular flexibility index (Phi) is 10.4. The zero-order valence-electron chi connectivity index (χ0n) is 19.0. The van der Waals surface area contributed by atoms with Crippen molar-refractivity contribution in [2.75, 3.05) is 39.8 Å². The van der Waals surface area contributed by atoms with Gasteiger partial charge in [0.1, 0.15) is 0 Å². The monoisotopic (exact) mass is 571 g/mol. The van der Waals surface area contributed by atoms with E-state index in [4.69, 9.17) is 0 Å². The molecule has 0 bridgehead atoms. The fourth-order valence-electron chi connectivity index (χ4n) is 3.57. The summed E-state index contributed by atoms with van der Waals surface area (Å²) in [6.07, 6.45) is 0. The van der Waals surface area contributed by atoms with Gasteiger partial charge < -0.3 is 15.5 Å². The van der Waals surface area contributed by atoms with Crippen LogP contribution in [0.25, 0.3) is 0 Å². The van der Waals surface area contributed by atoms with Gasteiger partial charge in [-0.2, -0.15) is 4.31 Å². The summed E-state index contributed by atoms with van der Waals surface area (Å²) in [5.74, 6) is 0.658. The zero-order chi connectivity index (χ0) is 22.3. The topological polar surface area (TPSA) is 77.0 Å². The minimum absolute atomic E-state index is 0. The molecule has 9 heteroatoms. The molecule has 32 heavy (non-hydrogen) atoms. The molecule has 0 aliphatic carbocycles. The molecule has 0 aromatic heterocycles. The fourth-order valence-corrected chi connectivity index (χ4v) is 5.20. The van der Waals surface area contributed by atoms with Crippen LogP contribution >= 0.6 is 24.0 Å². The lowest BCUT2D eigenvalue weighted by Gasteiger charge is -2.32. The summed E-state index contributed by atoms with van der Waals surface area (Å²) in [5.41, 5.74) is 1.86. The van der Waals surface area contributed by atoms with Crippen molar-refractivity contribution >= 4 is 40.0 Å². The second-order valence-electron chi connectivity index (χ2n) is 7.79. The number of piperazine rings is 1. The number of nitrogens with zero attached hydrogens (tertiary/aromatic N) is 3. The lowest BCUT2D eigenvalue weighted by molar-refractivity contribution is 0.222. The third-order valence-electron chi connectivity index (χ3n) is 5.46. The first-order valence-electron chi connectivity index (χ1n) is 10.8. The van der Waals surface area contributed by atoms with Crippen molar-refractivity contribution in [3.05, 3.63) is 65.7 Å². The van der Waals surface area contributed by atoms with Gasteiger partial charge in [0.05, 0.1) is 17.5 Å². The highest BCUT2D eigenvalue weighted by atomic mass is 127. The number of likely N-dealkylation sites (N-methyl/N-ethyl adjacent to an activating group) is 1. The average molecular weight is 572 g/mol. The van der Waals surface area contributed by atoms with Gasteiger partial charge in [-0.25, -0.2) is 13.4 Å². The van der Waals surface area contributed by atoms with E-state index < -0.39 is 10.0 Å². The summed E-state index contributed by atoms with van der Waals surface area (Å²) in [4.78, 5) is 7.17. The molecule has 2 aromatic rings. The summed E-state index contributed by atoms with van der Waals surface area (Å²) in [5, 5.41) is 6.66. The predicted octanol–water partition coefficient (Wildman–Crippen LogP) is 3.06. The van der Waals surface area contributed by atoms with E-state index >= 15 is 0 Å². The van der Waals surface area contributed by atoms with Crippen LogP contribution in [0.3, 0.4) is 0 Å². The Morgan fingerprint density at radius 1 is 1.03 bits per heavy atom. The standard InChI is InChI=1S/C23H33N5O2S.HI/c1-4-24-23(26-19(2)20-10-6-5-7-11-20)25-18-21-12-8-9-13-22(21)31(29,30)28-16-14-27(3)15-17-28;/h5-13,19H,4,14-18H2,1-3H3,(H2,24,25,26);1H. The van der Waals surface area contributed by atoms with Crippen molar-refractivity contribution in [1.29, 1.82) is 0 Å². The maximum absolute atomic E-state index is 13.3. The van der Waals surface area contributed by atoms with Gasteiger partial charge in [0.15, 0.2) is 5.96 Å². The van der Waals surface area contributed by atoms with Crippen molar-refractivity contribution in [1.82, 2.24) is 19.8 Å². The molecule has 2 N–H and O–H groups in total. The molecular formula is C23H34IN5O2S. The summed E-state index contributed by atoms with van der Waals surface area (Å²) in [7, 11) is -1.53. The predicted molar refractivity (Wildman–Crippen MR) is 141 cm³/mol. The maximum Gasteiger partial charge on any atom is 0.243 e. The van der Waals surface area contributed by atoms with E-state index in [9.17, 15) is 8.42 Å². The Morgan fingerprint density at radius 3 is 2.31 bits per heavy atom. The van der Waals surface area contributed by atoms with Crippen LogP contribution < -0.4 is 10.6 Å². The van der Waals surface area contributed by atoms with Gasteiger partial charge in [-0.3, -0.25) is 0 Å². The van der Waals surface area contributed by atoms with E-state index in [-0.39, 0.29) is 36.6 Å². The molecule has 2 aromatic carbocycles. The molecule has 1 aliphatic rings. The van der Waals surface area contributed by atoms with Crippen LogP contribution in [0.2, 0.25) is 0 Å². The van der Waals surface area contributed by atoms with Crippen molar-refractivity contribution in [3.8, 4) is 0 Å². The van der Waals surface area contributed by atoms with E-state index in [1.807, 2.05) is 44.3 Å². The maximum atomic E-state index is 13.3. The van der Waals surface area contributed by atoms with Gasteiger partial charge in [-0.1, -0.05) is 48.5 Å². The number of hydrogen-bond donors (Lipinski definition) is 2. The lowest BCUT2D eigenvalue weighted by atomic mass is 10.1. The molecule has 1 fully saturated rings. The molecular weight excluding hydrogens is 537 g/mol. The first-order chi connectivity index (χ1) is 14.9. The quantitative estimate of drug-likeness (QED) is 0.304. The van der Waals surface area contributed by atoms with Crippen molar-refractivity contribution < 1.29 is 8.42 Å². The van der Waals surface area contributed by atoms with Gasteiger partial charge in [-0.05, 0) is 38.1 Å². The minimum Gasteiger partial charge on any atom is -0.357 e. The number of halogens is 1. The van der Waals surface area contributed by atoms with E-state index in [0.29, 0.717) is 36.1 Å². The van der Waals surface area contributed by atoms with E-state index in [1.54, 1.807) is 16.4 Å². The van der Waals surface area contributed by atoms with Crippen molar-refractivity contribution in [3.63, 3.8) is 0 Å².